The monoisotopic (exact) mass is 291 g/mol. The Hall–Kier alpha value is -1.87. The fourth-order valence-corrected chi connectivity index (χ4v) is 2.42. The van der Waals surface area contributed by atoms with E-state index in [4.69, 9.17) is 9.78 Å². The van der Waals surface area contributed by atoms with Gasteiger partial charge in [0.1, 0.15) is 5.82 Å². The lowest BCUT2D eigenvalue weighted by atomic mass is 10.1. The van der Waals surface area contributed by atoms with Gasteiger partial charge in [-0.3, -0.25) is 0 Å². The number of aromatic nitrogens is 2. The number of halogens is 1. The van der Waals surface area contributed by atoms with Crippen LogP contribution in [0.2, 0.25) is 0 Å². The molecular weight excluding hydrogens is 277 g/mol. The van der Waals surface area contributed by atoms with Crippen LogP contribution in [-0.2, 0) is 5.75 Å². The minimum Gasteiger partial charge on any atom is -0.339 e. The summed E-state index contributed by atoms with van der Waals surface area (Å²) >= 11 is 1.33. The van der Waals surface area contributed by atoms with Gasteiger partial charge in [-0.25, -0.2) is 4.39 Å². The Balaban J connectivity index is 1.93. The van der Waals surface area contributed by atoms with Gasteiger partial charge in [0.2, 0.25) is 5.89 Å². The highest BCUT2D eigenvalue weighted by Gasteiger charge is 2.14. The topological polar surface area (TPSA) is 62.7 Å². The molecule has 1 heterocycles. The van der Waals surface area contributed by atoms with Crippen LogP contribution in [0.3, 0.4) is 0 Å². The van der Waals surface area contributed by atoms with E-state index in [1.807, 2.05) is 6.92 Å². The number of nitriles is 1. The first-order valence-corrected chi connectivity index (χ1v) is 7.26. The molecule has 0 aliphatic rings. The Labute approximate surface area is 121 Å². The van der Waals surface area contributed by atoms with Crippen LogP contribution in [0.25, 0.3) is 0 Å². The molecule has 1 aromatic heterocycles. The molecule has 0 saturated heterocycles. The zero-order valence-corrected chi connectivity index (χ0v) is 11.9. The second kappa shape index (κ2) is 7.06. The maximum absolute atomic E-state index is 13.4. The Morgan fingerprint density at radius 1 is 1.45 bits per heavy atom. The number of rotatable bonds is 6. The number of hydrogen-bond donors (Lipinski definition) is 0. The van der Waals surface area contributed by atoms with Crippen LogP contribution < -0.4 is 0 Å². The highest BCUT2D eigenvalue weighted by Crippen LogP contribution is 2.25. The minimum atomic E-state index is -0.247. The molecule has 0 spiro atoms. The molecule has 0 bridgehead atoms. The summed E-state index contributed by atoms with van der Waals surface area (Å²) in [5, 5.41) is 12.4. The molecule has 20 heavy (non-hydrogen) atoms. The summed E-state index contributed by atoms with van der Waals surface area (Å²) < 4.78 is 18.6. The molecular formula is C14H14FN3OS. The van der Waals surface area contributed by atoms with E-state index >= 15 is 0 Å². The third-order valence-corrected chi connectivity index (χ3v) is 3.83. The van der Waals surface area contributed by atoms with Gasteiger partial charge in [-0.1, -0.05) is 24.2 Å². The number of nitrogens with zero attached hydrogens (tertiary/aromatic N) is 3. The molecule has 0 saturated carbocycles. The Morgan fingerprint density at radius 2 is 2.25 bits per heavy atom. The van der Waals surface area contributed by atoms with Crippen molar-refractivity contribution in [2.75, 3.05) is 0 Å². The molecule has 0 aliphatic carbocycles. The lowest BCUT2D eigenvalue weighted by Gasteiger charge is -2.01. The first-order valence-electron chi connectivity index (χ1n) is 6.27. The van der Waals surface area contributed by atoms with E-state index in [0.29, 0.717) is 35.2 Å². The molecule has 104 valence electrons. The van der Waals surface area contributed by atoms with Crippen molar-refractivity contribution >= 4 is 11.8 Å². The van der Waals surface area contributed by atoms with Gasteiger partial charge >= 0.3 is 0 Å². The molecule has 1 aromatic carbocycles. The highest BCUT2D eigenvalue weighted by atomic mass is 32.2. The lowest BCUT2D eigenvalue weighted by molar-refractivity contribution is 0.351. The van der Waals surface area contributed by atoms with Crippen LogP contribution in [-0.4, -0.2) is 10.1 Å². The maximum Gasteiger partial charge on any atom is 0.229 e. The average Bonchev–Trinajstić information content (AvgIpc) is 2.93. The van der Waals surface area contributed by atoms with E-state index < -0.39 is 0 Å². The highest BCUT2D eigenvalue weighted by molar-refractivity contribution is 7.98. The number of thioether (sulfide) groups is 1. The Morgan fingerprint density at radius 3 is 3.00 bits per heavy atom. The van der Waals surface area contributed by atoms with Crippen LogP contribution in [0.1, 0.15) is 37.4 Å². The van der Waals surface area contributed by atoms with Gasteiger partial charge in [-0.05, 0) is 18.6 Å². The van der Waals surface area contributed by atoms with Crippen molar-refractivity contribution in [3.8, 4) is 6.07 Å². The van der Waals surface area contributed by atoms with Gasteiger partial charge in [0.15, 0.2) is 5.82 Å². The molecule has 0 fully saturated rings. The normalized spacial score (nSPS) is 12.1. The minimum absolute atomic E-state index is 0.0642. The summed E-state index contributed by atoms with van der Waals surface area (Å²) in [5.41, 5.74) is 0. The molecule has 0 aliphatic heterocycles. The van der Waals surface area contributed by atoms with Crippen molar-refractivity contribution in [1.29, 1.82) is 5.26 Å². The van der Waals surface area contributed by atoms with E-state index in [1.54, 1.807) is 18.2 Å². The fourth-order valence-electron chi connectivity index (χ4n) is 1.63. The average molecular weight is 291 g/mol. The van der Waals surface area contributed by atoms with Gasteiger partial charge in [-0.15, -0.1) is 11.8 Å². The van der Waals surface area contributed by atoms with E-state index in [1.165, 1.54) is 17.8 Å². The summed E-state index contributed by atoms with van der Waals surface area (Å²) in [5.74, 6) is 1.34. The predicted octanol–water partition coefficient (Wildman–Crippen LogP) is 3.91. The smallest absolute Gasteiger partial charge is 0.229 e. The van der Waals surface area contributed by atoms with Gasteiger partial charge in [0, 0.05) is 17.2 Å². The van der Waals surface area contributed by atoms with E-state index in [0.717, 1.165) is 0 Å². The van der Waals surface area contributed by atoms with Gasteiger partial charge in [-0.2, -0.15) is 10.2 Å². The molecule has 1 unspecified atom stereocenters. The van der Waals surface area contributed by atoms with Crippen LogP contribution in [0.4, 0.5) is 4.39 Å². The standard InChI is InChI=1S/C14H14FN3OS/c1-10(5-4-8-16)14-17-13(18-19-14)9-20-12-7-3-2-6-11(12)15/h2-3,6-7,10H,4-5,9H2,1H3. The van der Waals surface area contributed by atoms with Crippen molar-refractivity contribution in [1.82, 2.24) is 10.1 Å². The molecule has 2 rings (SSSR count). The fraction of sp³-hybridized carbons (Fsp3) is 0.357. The molecule has 0 N–H and O–H groups in total. The van der Waals surface area contributed by atoms with Crippen molar-refractivity contribution < 1.29 is 8.91 Å². The van der Waals surface area contributed by atoms with Gasteiger partial charge in [0.05, 0.1) is 11.8 Å². The Bertz CT molecular complexity index is 608. The summed E-state index contributed by atoms with van der Waals surface area (Å²) in [6.45, 7) is 1.94. The van der Waals surface area contributed by atoms with Crippen molar-refractivity contribution in [2.45, 2.75) is 36.3 Å². The molecule has 2 aromatic rings. The number of hydrogen-bond acceptors (Lipinski definition) is 5. The summed E-state index contributed by atoms with van der Waals surface area (Å²) in [6, 6.07) is 8.68. The first kappa shape index (κ1) is 14.5. The summed E-state index contributed by atoms with van der Waals surface area (Å²) in [7, 11) is 0. The number of benzene rings is 1. The Kier molecular flexibility index (Phi) is 5.13. The molecule has 1 atom stereocenters. The lowest BCUT2D eigenvalue weighted by Crippen LogP contribution is -1.94. The second-order valence-corrected chi connectivity index (χ2v) is 5.38. The van der Waals surface area contributed by atoms with E-state index in [9.17, 15) is 4.39 Å². The second-order valence-electron chi connectivity index (χ2n) is 4.37. The third kappa shape index (κ3) is 3.81. The maximum atomic E-state index is 13.4. The van der Waals surface area contributed by atoms with Gasteiger partial charge < -0.3 is 4.52 Å². The van der Waals surface area contributed by atoms with Crippen molar-refractivity contribution in [2.24, 2.45) is 0 Å². The van der Waals surface area contributed by atoms with Crippen molar-refractivity contribution in [3.63, 3.8) is 0 Å². The summed E-state index contributed by atoms with van der Waals surface area (Å²) in [4.78, 5) is 4.84. The van der Waals surface area contributed by atoms with Crippen molar-refractivity contribution in [3.05, 3.63) is 41.8 Å². The van der Waals surface area contributed by atoms with Crippen LogP contribution in [0.5, 0.6) is 0 Å². The first-order chi connectivity index (χ1) is 9.70. The largest absolute Gasteiger partial charge is 0.339 e. The van der Waals surface area contributed by atoms with Gasteiger partial charge in [0.25, 0.3) is 0 Å². The quantitative estimate of drug-likeness (QED) is 0.755. The van der Waals surface area contributed by atoms with E-state index in [2.05, 4.69) is 16.2 Å². The van der Waals surface area contributed by atoms with E-state index in [-0.39, 0.29) is 11.7 Å². The van der Waals surface area contributed by atoms with Crippen LogP contribution in [0.15, 0.2) is 33.7 Å². The predicted molar refractivity (Wildman–Crippen MR) is 73.5 cm³/mol. The zero-order valence-electron chi connectivity index (χ0n) is 11.0. The van der Waals surface area contributed by atoms with Crippen LogP contribution >= 0.6 is 11.8 Å². The molecule has 0 radical (unpaired) electrons. The SMILES string of the molecule is CC(CCC#N)c1nc(CSc2ccccc2F)no1. The molecule has 6 heteroatoms. The van der Waals surface area contributed by atoms with Crippen LogP contribution in [0, 0.1) is 17.1 Å². The third-order valence-electron chi connectivity index (χ3n) is 2.79. The zero-order chi connectivity index (χ0) is 14.4. The molecule has 0 amide bonds. The summed E-state index contributed by atoms with van der Waals surface area (Å²) in [6.07, 6.45) is 1.15. The molecule has 4 nitrogen and oxygen atoms in total.